The highest BCUT2D eigenvalue weighted by atomic mass is 16.1. The maximum atomic E-state index is 11.4. The highest BCUT2D eigenvalue weighted by Crippen LogP contribution is 2.26. The van der Waals surface area contributed by atoms with E-state index in [9.17, 15) is 4.79 Å². The van der Waals surface area contributed by atoms with Gasteiger partial charge >= 0.3 is 0 Å². The number of hydrogen-bond acceptors (Lipinski definition) is 1. The van der Waals surface area contributed by atoms with Gasteiger partial charge in [0.05, 0.1) is 0 Å². The van der Waals surface area contributed by atoms with E-state index in [-0.39, 0.29) is 0 Å². The van der Waals surface area contributed by atoms with Crippen molar-refractivity contribution in [1.29, 1.82) is 0 Å². The van der Waals surface area contributed by atoms with Crippen molar-refractivity contribution in [2.75, 3.05) is 0 Å². The molecule has 0 unspecified atom stereocenters. The van der Waals surface area contributed by atoms with Gasteiger partial charge in [0.25, 0.3) is 0 Å². The Balaban J connectivity index is 2.42. The summed E-state index contributed by atoms with van der Waals surface area (Å²) in [6, 6.07) is 12.3. The second kappa shape index (κ2) is 4.93. The average molecular weight is 240 g/mol. The Hall–Kier alpha value is -1.63. The standard InChI is InChI=1S/C17H20O/c1-17(2,3)11-10-14-9-8-13-6-4-5-7-15(13)16(14)12-18/h4-9,12H,10-11H2,1-3H3. The van der Waals surface area contributed by atoms with Gasteiger partial charge in [-0.2, -0.15) is 0 Å². The molecule has 0 spiro atoms. The summed E-state index contributed by atoms with van der Waals surface area (Å²) < 4.78 is 0. The quantitative estimate of drug-likeness (QED) is 0.715. The van der Waals surface area contributed by atoms with Gasteiger partial charge in [0, 0.05) is 5.56 Å². The zero-order valence-electron chi connectivity index (χ0n) is 11.4. The number of carbonyl (C=O) groups excluding carboxylic acids is 1. The molecule has 0 saturated carbocycles. The normalized spacial score (nSPS) is 11.7. The highest BCUT2D eigenvalue weighted by molar-refractivity contribution is 5.99. The lowest BCUT2D eigenvalue weighted by Gasteiger charge is -2.18. The Bertz CT molecular complexity index is 561. The second-order valence-corrected chi connectivity index (χ2v) is 6.04. The van der Waals surface area contributed by atoms with Crippen molar-refractivity contribution in [3.8, 4) is 0 Å². The first kappa shape index (κ1) is 12.8. The third kappa shape index (κ3) is 2.79. The van der Waals surface area contributed by atoms with Gasteiger partial charge in [0.2, 0.25) is 0 Å². The van der Waals surface area contributed by atoms with E-state index in [1.165, 1.54) is 5.56 Å². The fourth-order valence-corrected chi connectivity index (χ4v) is 2.21. The predicted molar refractivity (Wildman–Crippen MR) is 77.1 cm³/mol. The first-order valence-corrected chi connectivity index (χ1v) is 6.47. The molecule has 2 aromatic carbocycles. The molecule has 0 bridgehead atoms. The number of carbonyl (C=O) groups is 1. The summed E-state index contributed by atoms with van der Waals surface area (Å²) in [6.45, 7) is 6.69. The van der Waals surface area contributed by atoms with Gasteiger partial charge in [-0.1, -0.05) is 57.2 Å². The molecule has 0 aromatic heterocycles. The monoisotopic (exact) mass is 240 g/mol. The summed E-state index contributed by atoms with van der Waals surface area (Å²) in [6.07, 6.45) is 3.05. The van der Waals surface area contributed by atoms with E-state index >= 15 is 0 Å². The lowest BCUT2D eigenvalue weighted by Crippen LogP contribution is -2.07. The van der Waals surface area contributed by atoms with E-state index in [1.54, 1.807) is 0 Å². The summed E-state index contributed by atoms with van der Waals surface area (Å²) in [5.41, 5.74) is 2.32. The van der Waals surface area contributed by atoms with Crippen LogP contribution in [0, 0.1) is 5.41 Å². The molecule has 0 N–H and O–H groups in total. The van der Waals surface area contributed by atoms with Gasteiger partial charge in [0.15, 0.2) is 6.29 Å². The Kier molecular flexibility index (Phi) is 3.51. The van der Waals surface area contributed by atoms with Crippen molar-refractivity contribution in [3.05, 3.63) is 47.5 Å². The molecule has 1 nitrogen and oxygen atoms in total. The van der Waals surface area contributed by atoms with Gasteiger partial charge in [-0.25, -0.2) is 0 Å². The molecule has 18 heavy (non-hydrogen) atoms. The van der Waals surface area contributed by atoms with Crippen molar-refractivity contribution >= 4 is 17.1 Å². The van der Waals surface area contributed by atoms with E-state index in [2.05, 4.69) is 39.0 Å². The zero-order chi connectivity index (χ0) is 13.2. The van der Waals surface area contributed by atoms with Crippen LogP contribution in [-0.2, 0) is 6.42 Å². The summed E-state index contributed by atoms with van der Waals surface area (Å²) in [7, 11) is 0. The Labute approximate surface area is 109 Å². The van der Waals surface area contributed by atoms with Crippen LogP contribution in [0.25, 0.3) is 10.8 Å². The van der Waals surface area contributed by atoms with Crippen LogP contribution in [0.4, 0.5) is 0 Å². The summed E-state index contributed by atoms with van der Waals surface area (Å²) in [5, 5.41) is 2.21. The molecule has 1 heteroatoms. The Morgan fingerprint density at radius 3 is 2.44 bits per heavy atom. The number of rotatable bonds is 3. The Morgan fingerprint density at radius 2 is 1.78 bits per heavy atom. The molecular formula is C17H20O. The summed E-state index contributed by atoms with van der Waals surface area (Å²) >= 11 is 0. The number of aryl methyl sites for hydroxylation is 1. The van der Waals surface area contributed by atoms with Gasteiger partial charge < -0.3 is 0 Å². The van der Waals surface area contributed by atoms with Crippen LogP contribution in [0.15, 0.2) is 36.4 Å². The first-order chi connectivity index (χ1) is 8.51. The van der Waals surface area contributed by atoms with E-state index < -0.39 is 0 Å². The van der Waals surface area contributed by atoms with Gasteiger partial charge in [-0.3, -0.25) is 4.79 Å². The second-order valence-electron chi connectivity index (χ2n) is 6.04. The minimum Gasteiger partial charge on any atom is -0.298 e. The molecule has 0 amide bonds. The molecule has 0 radical (unpaired) electrons. The SMILES string of the molecule is CC(C)(C)CCc1ccc2ccccc2c1C=O. The van der Waals surface area contributed by atoms with E-state index in [1.807, 2.05) is 18.2 Å². The van der Waals surface area contributed by atoms with Gasteiger partial charge in [0.1, 0.15) is 0 Å². The minimum absolute atomic E-state index is 0.297. The molecule has 0 aliphatic heterocycles. The largest absolute Gasteiger partial charge is 0.298 e. The smallest absolute Gasteiger partial charge is 0.150 e. The molecule has 0 fully saturated rings. The number of fused-ring (bicyclic) bond motifs is 1. The molecular weight excluding hydrogens is 220 g/mol. The summed E-state index contributed by atoms with van der Waals surface area (Å²) in [5.74, 6) is 0. The van der Waals surface area contributed by atoms with Crippen LogP contribution >= 0.6 is 0 Å². The molecule has 0 saturated heterocycles. The molecule has 94 valence electrons. The molecule has 2 rings (SSSR count). The summed E-state index contributed by atoms with van der Waals surface area (Å²) in [4.78, 5) is 11.4. The van der Waals surface area contributed by atoms with Crippen molar-refractivity contribution in [1.82, 2.24) is 0 Å². The molecule has 0 aliphatic rings. The zero-order valence-corrected chi connectivity index (χ0v) is 11.4. The van der Waals surface area contributed by atoms with Crippen molar-refractivity contribution in [2.45, 2.75) is 33.6 Å². The molecule has 2 aromatic rings. The molecule has 0 aliphatic carbocycles. The lowest BCUT2D eigenvalue weighted by molar-refractivity contribution is 0.112. The minimum atomic E-state index is 0.297. The van der Waals surface area contributed by atoms with Gasteiger partial charge in [-0.05, 0) is 34.6 Å². The maximum absolute atomic E-state index is 11.4. The van der Waals surface area contributed by atoms with Crippen LogP contribution in [0.3, 0.4) is 0 Å². The molecule has 0 atom stereocenters. The van der Waals surface area contributed by atoms with Crippen LogP contribution in [0.2, 0.25) is 0 Å². The Morgan fingerprint density at radius 1 is 1.06 bits per heavy atom. The van der Waals surface area contributed by atoms with Crippen molar-refractivity contribution < 1.29 is 4.79 Å². The molecule has 0 heterocycles. The van der Waals surface area contributed by atoms with Crippen LogP contribution in [0.5, 0.6) is 0 Å². The number of hydrogen-bond donors (Lipinski definition) is 0. The number of benzene rings is 2. The average Bonchev–Trinajstić information content (AvgIpc) is 2.34. The van der Waals surface area contributed by atoms with E-state index in [4.69, 9.17) is 0 Å². The van der Waals surface area contributed by atoms with Crippen molar-refractivity contribution in [2.24, 2.45) is 5.41 Å². The number of aldehydes is 1. The van der Waals surface area contributed by atoms with Crippen LogP contribution in [-0.4, -0.2) is 6.29 Å². The topological polar surface area (TPSA) is 17.1 Å². The first-order valence-electron chi connectivity index (χ1n) is 6.47. The highest BCUT2D eigenvalue weighted by Gasteiger charge is 2.13. The third-order valence-corrected chi connectivity index (χ3v) is 3.32. The lowest BCUT2D eigenvalue weighted by atomic mass is 9.87. The predicted octanol–water partition coefficient (Wildman–Crippen LogP) is 4.63. The fraction of sp³-hybridized carbons (Fsp3) is 0.353. The fourth-order valence-electron chi connectivity index (χ4n) is 2.21. The van der Waals surface area contributed by atoms with Crippen LogP contribution in [0.1, 0.15) is 43.1 Å². The third-order valence-electron chi connectivity index (χ3n) is 3.32. The maximum Gasteiger partial charge on any atom is 0.150 e. The van der Waals surface area contributed by atoms with Gasteiger partial charge in [-0.15, -0.1) is 0 Å². The van der Waals surface area contributed by atoms with E-state index in [0.29, 0.717) is 5.41 Å². The van der Waals surface area contributed by atoms with Crippen molar-refractivity contribution in [3.63, 3.8) is 0 Å². The van der Waals surface area contributed by atoms with Crippen LogP contribution < -0.4 is 0 Å². The van der Waals surface area contributed by atoms with E-state index in [0.717, 1.165) is 35.5 Å².